The lowest BCUT2D eigenvalue weighted by Gasteiger charge is -2.36. The van der Waals surface area contributed by atoms with Gasteiger partial charge in [0.05, 0.1) is 12.3 Å². The van der Waals surface area contributed by atoms with Gasteiger partial charge in [-0.3, -0.25) is 0 Å². The quantitative estimate of drug-likeness (QED) is 0.613. The number of aliphatic hydroxyl groups excluding tert-OH is 1. The van der Waals surface area contributed by atoms with Crippen LogP contribution in [0.2, 0.25) is 0 Å². The summed E-state index contributed by atoms with van der Waals surface area (Å²) in [5.74, 6) is 0.901. The van der Waals surface area contributed by atoms with E-state index in [4.69, 9.17) is 5.11 Å². The topological polar surface area (TPSA) is 36.4 Å². The van der Waals surface area contributed by atoms with Gasteiger partial charge in [0.1, 0.15) is 5.82 Å². The summed E-state index contributed by atoms with van der Waals surface area (Å²) in [4.78, 5) is 6.04. The minimum Gasteiger partial charge on any atom is -0.389 e. The van der Waals surface area contributed by atoms with Gasteiger partial charge in [0.2, 0.25) is 0 Å². The lowest BCUT2D eigenvalue weighted by atomic mass is 10.2. The van der Waals surface area contributed by atoms with Crippen molar-refractivity contribution in [3.63, 3.8) is 0 Å². The van der Waals surface area contributed by atoms with Crippen molar-refractivity contribution in [1.82, 2.24) is 4.98 Å². The van der Waals surface area contributed by atoms with E-state index < -0.39 is 0 Å². The highest BCUT2D eigenvalue weighted by atomic mass is 16.3. The van der Waals surface area contributed by atoms with Gasteiger partial charge < -0.3 is 10.0 Å². The molecule has 1 saturated heterocycles. The van der Waals surface area contributed by atoms with Crippen LogP contribution in [0.1, 0.15) is 0 Å². The molecule has 57 valence electrons. The van der Waals surface area contributed by atoms with Crippen LogP contribution in [-0.4, -0.2) is 29.3 Å². The fourth-order valence-electron chi connectivity index (χ4n) is 1.14. The summed E-state index contributed by atoms with van der Waals surface area (Å²) in [7, 11) is 0. The number of aliphatic hydroxyl groups is 1. The molecule has 0 aromatic carbocycles. The van der Waals surface area contributed by atoms with Gasteiger partial charge in [-0.25, -0.2) is 4.98 Å². The third-order valence-corrected chi connectivity index (χ3v) is 1.78. The Kier molecular flexibility index (Phi) is 1.51. The first-order chi connectivity index (χ1) is 5.36. The Labute approximate surface area is 65.3 Å². The van der Waals surface area contributed by atoms with E-state index in [1.54, 1.807) is 6.07 Å². The Morgan fingerprint density at radius 1 is 1.64 bits per heavy atom. The lowest BCUT2D eigenvalue weighted by molar-refractivity contribution is 0.141. The molecule has 0 saturated carbocycles. The summed E-state index contributed by atoms with van der Waals surface area (Å²) in [5.41, 5.74) is 0. The summed E-state index contributed by atoms with van der Waals surface area (Å²) < 4.78 is 0. The van der Waals surface area contributed by atoms with Gasteiger partial charge >= 0.3 is 0 Å². The molecule has 3 nitrogen and oxygen atoms in total. The molecule has 0 bridgehead atoms. The van der Waals surface area contributed by atoms with Crippen LogP contribution >= 0.6 is 0 Å². The Bertz CT molecular complexity index is 231. The largest absolute Gasteiger partial charge is 0.389 e. The van der Waals surface area contributed by atoms with E-state index >= 15 is 0 Å². The Balaban J connectivity index is 2.08. The molecule has 3 heteroatoms. The van der Waals surface area contributed by atoms with Gasteiger partial charge in [0, 0.05) is 13.1 Å². The molecule has 1 aromatic rings. The van der Waals surface area contributed by atoms with Gasteiger partial charge in [-0.2, -0.15) is 0 Å². The van der Waals surface area contributed by atoms with E-state index in [1.807, 2.05) is 17.0 Å². The van der Waals surface area contributed by atoms with Crippen molar-refractivity contribution >= 4 is 5.82 Å². The average molecular weight is 149 g/mol. The molecule has 1 aliphatic heterocycles. The van der Waals surface area contributed by atoms with Gasteiger partial charge in [0.15, 0.2) is 0 Å². The molecule has 0 atom stereocenters. The predicted molar refractivity (Wildman–Crippen MR) is 41.3 cm³/mol. The van der Waals surface area contributed by atoms with Crippen LogP contribution in [-0.2, 0) is 0 Å². The van der Waals surface area contributed by atoms with Crippen LogP contribution in [0.3, 0.4) is 0 Å². The second-order valence-corrected chi connectivity index (χ2v) is 2.68. The first-order valence-corrected chi connectivity index (χ1v) is 3.62. The molecule has 1 N–H and O–H groups in total. The zero-order valence-corrected chi connectivity index (χ0v) is 6.07. The molecule has 2 heterocycles. The van der Waals surface area contributed by atoms with Crippen LogP contribution in [0, 0.1) is 6.20 Å². The molecule has 1 radical (unpaired) electrons. The molecule has 1 aromatic heterocycles. The predicted octanol–water partition coefficient (Wildman–Crippen LogP) is 0.0627. The van der Waals surface area contributed by atoms with Crippen molar-refractivity contribution < 1.29 is 5.11 Å². The highest BCUT2D eigenvalue weighted by molar-refractivity contribution is 5.40. The van der Waals surface area contributed by atoms with Gasteiger partial charge in [-0.15, -0.1) is 0 Å². The van der Waals surface area contributed by atoms with E-state index in [9.17, 15) is 0 Å². The summed E-state index contributed by atoms with van der Waals surface area (Å²) in [6.45, 7) is 1.40. The van der Waals surface area contributed by atoms with Crippen molar-refractivity contribution in [1.29, 1.82) is 0 Å². The third kappa shape index (κ3) is 1.19. The van der Waals surface area contributed by atoms with Gasteiger partial charge in [-0.1, -0.05) is 6.07 Å². The van der Waals surface area contributed by atoms with Crippen LogP contribution in [0.15, 0.2) is 18.2 Å². The van der Waals surface area contributed by atoms with Crippen molar-refractivity contribution in [3.05, 3.63) is 24.4 Å². The number of pyridine rings is 1. The maximum absolute atomic E-state index is 9.00. The van der Waals surface area contributed by atoms with Crippen LogP contribution in [0.5, 0.6) is 0 Å². The molecular formula is C8H9N2O. The molecule has 0 spiro atoms. The molecule has 1 fully saturated rings. The maximum Gasteiger partial charge on any atom is 0.129 e. The highest BCUT2D eigenvalue weighted by Crippen LogP contribution is 2.16. The first-order valence-electron chi connectivity index (χ1n) is 3.62. The molecule has 0 unspecified atom stereocenters. The first kappa shape index (κ1) is 6.61. The number of hydrogen-bond acceptors (Lipinski definition) is 3. The maximum atomic E-state index is 9.00. The standard InChI is InChI=1S/C8H9N2O/c11-7-5-10(6-7)8-3-1-2-4-9-8/h1-3,7,11H,5-6H2. The Hall–Kier alpha value is -1.09. The van der Waals surface area contributed by atoms with Crippen LogP contribution in [0.25, 0.3) is 0 Å². The summed E-state index contributed by atoms with van der Waals surface area (Å²) in [5, 5.41) is 9.00. The second-order valence-electron chi connectivity index (χ2n) is 2.68. The molecular weight excluding hydrogens is 140 g/mol. The number of nitrogens with zero attached hydrogens (tertiary/aromatic N) is 2. The molecule has 0 aliphatic carbocycles. The van der Waals surface area contributed by atoms with E-state index in [1.165, 1.54) is 0 Å². The van der Waals surface area contributed by atoms with Gasteiger partial charge in [-0.05, 0) is 12.1 Å². The average Bonchev–Trinajstić information content (AvgIpc) is 2.01. The van der Waals surface area contributed by atoms with Crippen molar-refractivity contribution in [2.45, 2.75) is 6.10 Å². The summed E-state index contributed by atoms with van der Waals surface area (Å²) >= 11 is 0. The highest BCUT2D eigenvalue weighted by Gasteiger charge is 2.24. The number of β-amino-alcohol motifs (C(OH)–C–C–N with tert-alkyl or cyclic N) is 1. The van der Waals surface area contributed by atoms with Crippen molar-refractivity contribution in [3.8, 4) is 0 Å². The monoisotopic (exact) mass is 149 g/mol. The fraction of sp³-hybridized carbons (Fsp3) is 0.375. The number of rotatable bonds is 1. The lowest BCUT2D eigenvalue weighted by Crippen LogP contribution is -2.51. The van der Waals surface area contributed by atoms with E-state index in [2.05, 4.69) is 11.2 Å². The SMILES string of the molecule is OC1CN(c2ccc[c]n2)C1. The molecule has 2 rings (SSSR count). The van der Waals surface area contributed by atoms with Crippen molar-refractivity contribution in [2.24, 2.45) is 0 Å². The normalized spacial score (nSPS) is 18.1. The Morgan fingerprint density at radius 3 is 3.00 bits per heavy atom. The third-order valence-electron chi connectivity index (χ3n) is 1.78. The summed E-state index contributed by atoms with van der Waals surface area (Å²) in [6.07, 6.45) is 2.58. The zero-order chi connectivity index (χ0) is 7.68. The van der Waals surface area contributed by atoms with E-state index in [0.29, 0.717) is 13.1 Å². The van der Waals surface area contributed by atoms with Gasteiger partial charge in [0.25, 0.3) is 0 Å². The van der Waals surface area contributed by atoms with E-state index in [0.717, 1.165) is 5.82 Å². The molecule has 1 aliphatic rings. The second kappa shape index (κ2) is 2.51. The Morgan fingerprint density at radius 2 is 2.45 bits per heavy atom. The summed E-state index contributed by atoms with van der Waals surface area (Å²) in [6, 6.07) is 5.58. The number of aromatic nitrogens is 1. The number of hydrogen-bond donors (Lipinski definition) is 1. The zero-order valence-electron chi connectivity index (χ0n) is 6.07. The number of anilines is 1. The molecule has 0 amide bonds. The van der Waals surface area contributed by atoms with E-state index in [-0.39, 0.29) is 6.10 Å². The minimum absolute atomic E-state index is 0.169. The molecule has 11 heavy (non-hydrogen) atoms. The smallest absolute Gasteiger partial charge is 0.129 e. The van der Waals surface area contributed by atoms with Crippen molar-refractivity contribution in [2.75, 3.05) is 18.0 Å². The van der Waals surface area contributed by atoms with Crippen LogP contribution < -0.4 is 4.90 Å². The fourth-order valence-corrected chi connectivity index (χ4v) is 1.14. The minimum atomic E-state index is -0.169. The van der Waals surface area contributed by atoms with Crippen LogP contribution in [0.4, 0.5) is 5.82 Å².